The summed E-state index contributed by atoms with van der Waals surface area (Å²) in [5.41, 5.74) is 2.71. The van der Waals surface area contributed by atoms with Crippen LogP contribution in [0.3, 0.4) is 0 Å². The van der Waals surface area contributed by atoms with E-state index in [9.17, 15) is 4.79 Å². The third kappa shape index (κ3) is 2.28. The highest BCUT2D eigenvalue weighted by atomic mass is 35.5. The fourth-order valence-corrected chi connectivity index (χ4v) is 2.91. The number of rotatable bonds is 2. The summed E-state index contributed by atoms with van der Waals surface area (Å²) in [5, 5.41) is 4.32. The lowest BCUT2D eigenvalue weighted by molar-refractivity contribution is -0.110. The predicted molar refractivity (Wildman–Crippen MR) is 90.7 cm³/mol. The molecule has 1 N–H and O–H groups in total. The van der Waals surface area contributed by atoms with Crippen LogP contribution in [0.15, 0.2) is 46.9 Å². The average molecular weight is 326 g/mol. The Bertz CT molecular complexity index is 972. The Labute approximate surface area is 137 Å². The Hall–Kier alpha value is -2.72. The summed E-state index contributed by atoms with van der Waals surface area (Å²) in [5.74, 6) is 1.07. The molecular weight excluding hydrogens is 314 g/mol. The van der Waals surface area contributed by atoms with Crippen molar-refractivity contribution in [1.82, 2.24) is 0 Å². The van der Waals surface area contributed by atoms with Gasteiger partial charge < -0.3 is 14.5 Å². The first-order valence-corrected chi connectivity index (χ1v) is 7.43. The van der Waals surface area contributed by atoms with Crippen LogP contribution in [-0.2, 0) is 4.79 Å². The Balaban J connectivity index is 1.85. The molecule has 1 aliphatic rings. The van der Waals surface area contributed by atoms with Gasteiger partial charge in [-0.3, -0.25) is 4.79 Å². The average Bonchev–Trinajstić information content (AvgIpc) is 3.09. The van der Waals surface area contributed by atoms with E-state index >= 15 is 0 Å². The molecule has 5 heteroatoms. The molecule has 0 radical (unpaired) electrons. The molecule has 0 aliphatic carbocycles. The lowest BCUT2D eigenvalue weighted by Crippen LogP contribution is -2.03. The molecule has 3 aromatic rings. The smallest absolute Gasteiger partial charge is 0.256 e. The van der Waals surface area contributed by atoms with Crippen molar-refractivity contribution in [3.63, 3.8) is 0 Å². The van der Waals surface area contributed by atoms with Crippen molar-refractivity contribution in [2.45, 2.75) is 0 Å². The fourth-order valence-electron chi connectivity index (χ4n) is 2.73. The first-order valence-electron chi connectivity index (χ1n) is 7.05. The van der Waals surface area contributed by atoms with E-state index in [4.69, 9.17) is 20.8 Å². The summed E-state index contributed by atoms with van der Waals surface area (Å²) in [6.07, 6.45) is 1.72. The summed E-state index contributed by atoms with van der Waals surface area (Å²) in [7, 11) is 1.60. The molecule has 0 saturated heterocycles. The second-order valence-electron chi connectivity index (χ2n) is 5.23. The summed E-state index contributed by atoms with van der Waals surface area (Å²) in [6, 6.07) is 12.8. The fraction of sp³-hybridized carbons (Fsp3) is 0.0556. The van der Waals surface area contributed by atoms with Crippen LogP contribution in [0.1, 0.15) is 11.3 Å². The summed E-state index contributed by atoms with van der Waals surface area (Å²) in [6.45, 7) is 0. The number of fused-ring (bicyclic) bond motifs is 2. The molecule has 1 amide bonds. The highest BCUT2D eigenvalue weighted by Crippen LogP contribution is 2.36. The van der Waals surface area contributed by atoms with Crippen LogP contribution in [-0.4, -0.2) is 13.0 Å². The van der Waals surface area contributed by atoms with Crippen molar-refractivity contribution in [3.8, 4) is 5.75 Å². The highest BCUT2D eigenvalue weighted by molar-refractivity contribution is 6.36. The van der Waals surface area contributed by atoms with E-state index in [2.05, 4.69) is 5.32 Å². The zero-order chi connectivity index (χ0) is 16.0. The molecule has 4 nitrogen and oxygen atoms in total. The van der Waals surface area contributed by atoms with Gasteiger partial charge in [0.05, 0.1) is 12.7 Å². The van der Waals surface area contributed by atoms with Crippen molar-refractivity contribution < 1.29 is 13.9 Å². The van der Waals surface area contributed by atoms with Crippen LogP contribution in [0.25, 0.3) is 22.6 Å². The second kappa shape index (κ2) is 5.18. The molecule has 23 heavy (non-hydrogen) atoms. The Kier molecular flexibility index (Phi) is 3.13. The maximum absolute atomic E-state index is 12.2. The SMILES string of the molecule is COc1cccc2cc(/C=C3/C(=O)Nc4ccc(Cl)cc43)oc12. The number of furan rings is 1. The maximum atomic E-state index is 12.2. The minimum Gasteiger partial charge on any atom is -0.493 e. The van der Waals surface area contributed by atoms with Crippen LogP contribution in [0.5, 0.6) is 5.75 Å². The van der Waals surface area contributed by atoms with Crippen LogP contribution in [0.4, 0.5) is 5.69 Å². The van der Waals surface area contributed by atoms with E-state index in [0.717, 1.165) is 16.6 Å². The van der Waals surface area contributed by atoms with Crippen LogP contribution in [0.2, 0.25) is 5.02 Å². The number of para-hydroxylation sites is 1. The minimum absolute atomic E-state index is 0.172. The summed E-state index contributed by atoms with van der Waals surface area (Å²) < 4.78 is 11.1. The standard InChI is InChI=1S/C18H12ClNO3/c1-22-16-4-2-3-10-7-12(23-17(10)16)9-14-13-8-11(19)5-6-15(13)20-18(14)21/h2-9H,1H3,(H,20,21)/b14-9+. The third-order valence-corrected chi connectivity index (χ3v) is 4.03. The molecule has 1 aliphatic heterocycles. The number of anilines is 1. The van der Waals surface area contributed by atoms with Gasteiger partial charge in [-0.1, -0.05) is 23.7 Å². The number of hydrogen-bond donors (Lipinski definition) is 1. The maximum Gasteiger partial charge on any atom is 0.256 e. The Morgan fingerprint density at radius 3 is 2.91 bits per heavy atom. The molecule has 0 spiro atoms. The Morgan fingerprint density at radius 2 is 2.09 bits per heavy atom. The molecule has 2 aromatic carbocycles. The van der Waals surface area contributed by atoms with E-state index in [1.807, 2.05) is 24.3 Å². The van der Waals surface area contributed by atoms with E-state index in [-0.39, 0.29) is 5.91 Å². The summed E-state index contributed by atoms with van der Waals surface area (Å²) in [4.78, 5) is 12.2. The molecule has 2 heterocycles. The highest BCUT2D eigenvalue weighted by Gasteiger charge is 2.24. The van der Waals surface area contributed by atoms with Gasteiger partial charge in [0, 0.05) is 21.7 Å². The van der Waals surface area contributed by atoms with Crippen molar-refractivity contribution in [2.24, 2.45) is 0 Å². The van der Waals surface area contributed by atoms with Crippen LogP contribution < -0.4 is 10.1 Å². The number of halogens is 1. The van der Waals surface area contributed by atoms with Crippen LogP contribution >= 0.6 is 11.6 Å². The number of carbonyl (C=O) groups excluding carboxylic acids is 1. The van der Waals surface area contributed by atoms with Gasteiger partial charge in [-0.2, -0.15) is 0 Å². The molecular formula is C18H12ClNO3. The monoisotopic (exact) mass is 325 g/mol. The number of ether oxygens (including phenoxy) is 1. The van der Waals surface area contributed by atoms with Crippen molar-refractivity contribution in [3.05, 3.63) is 58.8 Å². The van der Waals surface area contributed by atoms with Gasteiger partial charge in [0.15, 0.2) is 11.3 Å². The van der Waals surface area contributed by atoms with Gasteiger partial charge in [0.1, 0.15) is 5.76 Å². The normalized spacial score (nSPS) is 15.0. The number of benzene rings is 2. The molecule has 0 fully saturated rings. The number of methoxy groups -OCH3 is 1. The first kappa shape index (κ1) is 13.9. The zero-order valence-electron chi connectivity index (χ0n) is 12.2. The molecule has 0 saturated carbocycles. The van der Waals surface area contributed by atoms with Gasteiger partial charge in [-0.15, -0.1) is 0 Å². The second-order valence-corrected chi connectivity index (χ2v) is 5.67. The van der Waals surface area contributed by atoms with Gasteiger partial charge >= 0.3 is 0 Å². The molecule has 0 atom stereocenters. The molecule has 4 rings (SSSR count). The van der Waals surface area contributed by atoms with Crippen molar-refractivity contribution >= 4 is 45.8 Å². The van der Waals surface area contributed by atoms with Gasteiger partial charge in [0.2, 0.25) is 0 Å². The van der Waals surface area contributed by atoms with Crippen molar-refractivity contribution in [2.75, 3.05) is 12.4 Å². The van der Waals surface area contributed by atoms with Gasteiger partial charge in [-0.25, -0.2) is 0 Å². The quantitative estimate of drug-likeness (QED) is 0.701. The number of carbonyl (C=O) groups is 1. The first-order chi connectivity index (χ1) is 11.2. The van der Waals surface area contributed by atoms with Crippen LogP contribution in [0, 0.1) is 0 Å². The minimum atomic E-state index is -0.172. The molecule has 1 aromatic heterocycles. The van der Waals surface area contributed by atoms with E-state index in [0.29, 0.717) is 27.7 Å². The molecule has 0 bridgehead atoms. The Morgan fingerprint density at radius 1 is 1.22 bits per heavy atom. The van der Waals surface area contributed by atoms with E-state index in [1.165, 1.54) is 0 Å². The lowest BCUT2D eigenvalue weighted by atomic mass is 10.1. The number of nitrogens with one attached hydrogen (secondary N) is 1. The van der Waals surface area contributed by atoms with E-state index < -0.39 is 0 Å². The predicted octanol–water partition coefficient (Wildman–Crippen LogP) is 4.59. The van der Waals surface area contributed by atoms with Crippen molar-refractivity contribution in [1.29, 1.82) is 0 Å². The van der Waals surface area contributed by atoms with E-state index in [1.54, 1.807) is 31.4 Å². The lowest BCUT2D eigenvalue weighted by Gasteiger charge is -1.99. The third-order valence-electron chi connectivity index (χ3n) is 3.80. The molecule has 114 valence electrons. The number of amides is 1. The topological polar surface area (TPSA) is 51.5 Å². The largest absolute Gasteiger partial charge is 0.493 e. The van der Waals surface area contributed by atoms with Gasteiger partial charge in [-0.05, 0) is 36.4 Å². The van der Waals surface area contributed by atoms with Gasteiger partial charge in [0.25, 0.3) is 5.91 Å². The molecule has 0 unspecified atom stereocenters. The summed E-state index contributed by atoms with van der Waals surface area (Å²) >= 11 is 6.04. The zero-order valence-corrected chi connectivity index (χ0v) is 13.0. The number of hydrogen-bond acceptors (Lipinski definition) is 3.